The number of carbonyl (C=O) groups is 1. The topological polar surface area (TPSA) is 66.9 Å². The SMILES string of the molecule is COc1ccccc1CN1CC(=O)N(c2ccccc2)[C@@H]2CS(=O)(=O)C[C@@H]21. The van der Waals surface area contributed by atoms with Gasteiger partial charge in [0, 0.05) is 23.8 Å². The number of anilines is 1. The van der Waals surface area contributed by atoms with Crippen molar-refractivity contribution in [1.29, 1.82) is 0 Å². The summed E-state index contributed by atoms with van der Waals surface area (Å²) in [5.74, 6) is 0.742. The molecule has 2 saturated heterocycles. The first-order valence-electron chi connectivity index (χ1n) is 8.92. The molecule has 2 aliphatic heterocycles. The molecular weight excluding hydrogens is 364 g/mol. The van der Waals surface area contributed by atoms with Gasteiger partial charge in [0.2, 0.25) is 5.91 Å². The summed E-state index contributed by atoms with van der Waals surface area (Å²) in [4.78, 5) is 16.6. The average Bonchev–Trinajstić information content (AvgIpc) is 2.98. The normalized spacial score (nSPS) is 24.6. The molecule has 0 unspecified atom stereocenters. The number of piperazine rings is 1. The van der Waals surface area contributed by atoms with Crippen LogP contribution in [-0.4, -0.2) is 56.5 Å². The molecule has 2 fully saturated rings. The Kier molecular flexibility index (Phi) is 4.65. The lowest BCUT2D eigenvalue weighted by Gasteiger charge is -2.43. The van der Waals surface area contributed by atoms with Crippen molar-refractivity contribution in [3.8, 4) is 5.75 Å². The maximum Gasteiger partial charge on any atom is 0.241 e. The molecule has 2 heterocycles. The van der Waals surface area contributed by atoms with Crippen LogP contribution in [0.15, 0.2) is 54.6 Å². The van der Waals surface area contributed by atoms with Gasteiger partial charge in [-0.15, -0.1) is 0 Å². The molecule has 6 nitrogen and oxygen atoms in total. The predicted molar refractivity (Wildman–Crippen MR) is 104 cm³/mol. The molecule has 0 bridgehead atoms. The van der Waals surface area contributed by atoms with Crippen molar-refractivity contribution < 1.29 is 17.9 Å². The number of amides is 1. The summed E-state index contributed by atoms with van der Waals surface area (Å²) in [5.41, 5.74) is 1.70. The number of para-hydroxylation sites is 2. The zero-order valence-electron chi connectivity index (χ0n) is 15.1. The zero-order chi connectivity index (χ0) is 19.0. The van der Waals surface area contributed by atoms with Crippen LogP contribution in [0, 0.1) is 0 Å². The highest BCUT2D eigenvalue weighted by molar-refractivity contribution is 7.91. The van der Waals surface area contributed by atoms with E-state index in [4.69, 9.17) is 4.74 Å². The van der Waals surface area contributed by atoms with E-state index in [9.17, 15) is 13.2 Å². The molecule has 2 aliphatic rings. The molecular formula is C20H22N2O4S. The van der Waals surface area contributed by atoms with Crippen molar-refractivity contribution in [2.45, 2.75) is 18.6 Å². The Bertz CT molecular complexity index is 945. The van der Waals surface area contributed by atoms with E-state index in [0.29, 0.717) is 6.54 Å². The zero-order valence-corrected chi connectivity index (χ0v) is 15.9. The maximum absolute atomic E-state index is 13.0. The van der Waals surface area contributed by atoms with E-state index in [0.717, 1.165) is 17.0 Å². The smallest absolute Gasteiger partial charge is 0.241 e. The van der Waals surface area contributed by atoms with Crippen LogP contribution in [0.4, 0.5) is 5.69 Å². The molecule has 142 valence electrons. The predicted octanol–water partition coefficient (Wildman–Crippen LogP) is 1.71. The summed E-state index contributed by atoms with van der Waals surface area (Å²) in [6.45, 7) is 0.665. The average molecular weight is 386 g/mol. The quantitative estimate of drug-likeness (QED) is 0.800. The van der Waals surface area contributed by atoms with Gasteiger partial charge in [-0.05, 0) is 18.2 Å². The molecule has 0 aromatic heterocycles. The van der Waals surface area contributed by atoms with Gasteiger partial charge in [-0.3, -0.25) is 9.69 Å². The lowest BCUT2D eigenvalue weighted by Crippen LogP contribution is -2.61. The van der Waals surface area contributed by atoms with Crippen LogP contribution in [-0.2, 0) is 21.2 Å². The number of ether oxygens (including phenoxy) is 1. The van der Waals surface area contributed by atoms with Crippen molar-refractivity contribution in [3.63, 3.8) is 0 Å². The molecule has 2 atom stereocenters. The maximum atomic E-state index is 13.0. The third-order valence-corrected chi connectivity index (χ3v) is 7.00. The van der Waals surface area contributed by atoms with E-state index in [-0.39, 0.29) is 36.0 Å². The molecule has 4 rings (SSSR count). The van der Waals surface area contributed by atoms with E-state index in [1.165, 1.54) is 0 Å². The number of sulfone groups is 1. The number of fused-ring (bicyclic) bond motifs is 1. The van der Waals surface area contributed by atoms with Crippen LogP contribution in [0.1, 0.15) is 5.56 Å². The number of carbonyl (C=O) groups excluding carboxylic acids is 1. The van der Waals surface area contributed by atoms with Crippen molar-refractivity contribution in [2.24, 2.45) is 0 Å². The highest BCUT2D eigenvalue weighted by atomic mass is 32.2. The van der Waals surface area contributed by atoms with Crippen LogP contribution in [0.5, 0.6) is 5.75 Å². The summed E-state index contributed by atoms with van der Waals surface area (Å²) in [5, 5.41) is 0. The van der Waals surface area contributed by atoms with Gasteiger partial charge >= 0.3 is 0 Å². The Morgan fingerprint density at radius 2 is 1.67 bits per heavy atom. The summed E-state index contributed by atoms with van der Waals surface area (Å²) in [6.07, 6.45) is 0. The van der Waals surface area contributed by atoms with Gasteiger partial charge < -0.3 is 9.64 Å². The van der Waals surface area contributed by atoms with Crippen LogP contribution in [0.3, 0.4) is 0 Å². The fourth-order valence-electron chi connectivity index (χ4n) is 4.11. The minimum Gasteiger partial charge on any atom is -0.496 e. The van der Waals surface area contributed by atoms with Gasteiger partial charge in [0.05, 0.1) is 31.2 Å². The number of hydrogen-bond acceptors (Lipinski definition) is 5. The molecule has 0 aliphatic carbocycles. The first-order valence-corrected chi connectivity index (χ1v) is 10.7. The Hall–Kier alpha value is -2.38. The summed E-state index contributed by atoms with van der Waals surface area (Å²) >= 11 is 0. The van der Waals surface area contributed by atoms with Gasteiger partial charge in [-0.25, -0.2) is 8.42 Å². The molecule has 0 saturated carbocycles. The second-order valence-electron chi connectivity index (χ2n) is 7.03. The number of nitrogens with zero attached hydrogens (tertiary/aromatic N) is 2. The van der Waals surface area contributed by atoms with Gasteiger partial charge in [0.1, 0.15) is 5.75 Å². The Balaban J connectivity index is 1.67. The van der Waals surface area contributed by atoms with Crippen molar-refractivity contribution in [3.05, 3.63) is 60.2 Å². The minimum atomic E-state index is -3.20. The molecule has 1 amide bonds. The number of hydrogen-bond donors (Lipinski definition) is 0. The highest BCUT2D eigenvalue weighted by Crippen LogP contribution is 2.33. The largest absolute Gasteiger partial charge is 0.496 e. The standard InChI is InChI=1S/C20H22N2O4S/c1-26-19-10-6-5-7-15(19)11-21-12-20(23)22(16-8-3-2-4-9-16)18-14-27(24,25)13-17(18)21/h2-10,17-18H,11-14H2,1H3/t17-,18+/m0/s1. The Labute approximate surface area is 159 Å². The minimum absolute atomic E-state index is 0.000720. The molecule has 0 radical (unpaired) electrons. The fourth-order valence-corrected chi connectivity index (χ4v) is 6.09. The van der Waals surface area contributed by atoms with Gasteiger partial charge in [-0.1, -0.05) is 36.4 Å². The Morgan fingerprint density at radius 3 is 2.41 bits per heavy atom. The van der Waals surface area contributed by atoms with Crippen molar-refractivity contribution in [1.82, 2.24) is 4.90 Å². The molecule has 2 aromatic rings. The molecule has 2 aromatic carbocycles. The van der Waals surface area contributed by atoms with E-state index in [2.05, 4.69) is 0 Å². The first-order chi connectivity index (χ1) is 13.0. The monoisotopic (exact) mass is 386 g/mol. The first kappa shape index (κ1) is 18.0. The van der Waals surface area contributed by atoms with Gasteiger partial charge in [0.25, 0.3) is 0 Å². The van der Waals surface area contributed by atoms with Crippen molar-refractivity contribution in [2.75, 3.05) is 30.1 Å². The third kappa shape index (κ3) is 3.44. The van der Waals surface area contributed by atoms with E-state index in [1.54, 1.807) is 12.0 Å². The van der Waals surface area contributed by atoms with Gasteiger partial charge in [-0.2, -0.15) is 0 Å². The lowest BCUT2D eigenvalue weighted by molar-refractivity contribution is -0.123. The lowest BCUT2D eigenvalue weighted by atomic mass is 10.0. The number of benzene rings is 2. The Morgan fingerprint density at radius 1 is 1.00 bits per heavy atom. The van der Waals surface area contributed by atoms with E-state index >= 15 is 0 Å². The van der Waals surface area contributed by atoms with Crippen LogP contribution in [0.2, 0.25) is 0 Å². The molecule has 0 N–H and O–H groups in total. The molecule has 7 heteroatoms. The second-order valence-corrected chi connectivity index (χ2v) is 9.18. The molecule has 0 spiro atoms. The summed E-state index contributed by atoms with van der Waals surface area (Å²) < 4.78 is 30.2. The molecule has 27 heavy (non-hydrogen) atoms. The fraction of sp³-hybridized carbons (Fsp3) is 0.350. The highest BCUT2D eigenvalue weighted by Gasteiger charge is 2.49. The van der Waals surface area contributed by atoms with Gasteiger partial charge in [0.15, 0.2) is 9.84 Å². The number of rotatable bonds is 4. The number of methoxy groups -OCH3 is 1. The summed E-state index contributed by atoms with van der Waals surface area (Å²) in [7, 11) is -1.59. The third-order valence-electron chi connectivity index (χ3n) is 5.30. The van der Waals surface area contributed by atoms with E-state index < -0.39 is 9.84 Å². The second kappa shape index (κ2) is 6.98. The van der Waals surface area contributed by atoms with E-state index in [1.807, 2.05) is 59.5 Å². The van der Waals surface area contributed by atoms with Crippen molar-refractivity contribution >= 4 is 21.4 Å². The van der Waals surface area contributed by atoms with Crippen LogP contribution in [0.25, 0.3) is 0 Å². The van der Waals surface area contributed by atoms with Crippen LogP contribution >= 0.6 is 0 Å². The summed E-state index contributed by atoms with van der Waals surface area (Å²) in [6, 6.07) is 16.4. The van der Waals surface area contributed by atoms with Crippen LogP contribution < -0.4 is 9.64 Å².